The first-order valence-electron chi connectivity index (χ1n) is 4.54. The monoisotopic (exact) mass is 253 g/mol. The average Bonchev–Trinajstić information content (AvgIpc) is 2.20. The predicted molar refractivity (Wildman–Crippen MR) is 59.2 cm³/mol. The van der Waals surface area contributed by atoms with E-state index in [0.717, 1.165) is 10.9 Å². The molecule has 0 aromatic heterocycles. The third kappa shape index (κ3) is 2.49. The van der Waals surface area contributed by atoms with Crippen molar-refractivity contribution in [3.8, 4) is 11.8 Å². The normalized spacial score (nSPS) is 11.9. The van der Waals surface area contributed by atoms with Gasteiger partial charge < -0.3 is 4.74 Å². The second kappa shape index (κ2) is 5.02. The summed E-state index contributed by atoms with van der Waals surface area (Å²) in [5.74, 6) is 0.643. The molecule has 0 heterocycles. The molecule has 0 fully saturated rings. The zero-order chi connectivity index (χ0) is 10.6. The molecule has 0 N–H and O–H groups in total. The van der Waals surface area contributed by atoms with Crippen LogP contribution in [0.4, 0.5) is 0 Å². The van der Waals surface area contributed by atoms with Gasteiger partial charge in [-0.2, -0.15) is 5.26 Å². The minimum Gasteiger partial charge on any atom is -0.488 e. The molecule has 2 nitrogen and oxygen atoms in total. The standard InChI is InChI=1S/C11H12BrNO/c1-3-8(2)14-11-9(7-13)5-4-6-10(11)12/h4-6,8H,3H2,1-2H3. The minimum absolute atomic E-state index is 0.126. The van der Waals surface area contributed by atoms with E-state index >= 15 is 0 Å². The summed E-state index contributed by atoms with van der Waals surface area (Å²) >= 11 is 3.37. The zero-order valence-corrected chi connectivity index (χ0v) is 9.84. The summed E-state index contributed by atoms with van der Waals surface area (Å²) in [6, 6.07) is 7.56. The maximum absolute atomic E-state index is 8.88. The van der Waals surface area contributed by atoms with Crippen LogP contribution in [0.15, 0.2) is 22.7 Å². The molecular weight excluding hydrogens is 242 g/mol. The van der Waals surface area contributed by atoms with Gasteiger partial charge in [-0.15, -0.1) is 0 Å². The summed E-state index contributed by atoms with van der Waals surface area (Å²) in [5, 5.41) is 8.88. The third-order valence-corrected chi connectivity index (χ3v) is 2.61. The summed E-state index contributed by atoms with van der Waals surface area (Å²) in [6.07, 6.45) is 1.05. The first kappa shape index (κ1) is 11.1. The summed E-state index contributed by atoms with van der Waals surface area (Å²) in [5.41, 5.74) is 0.569. The number of rotatable bonds is 3. The number of benzene rings is 1. The van der Waals surface area contributed by atoms with Crippen LogP contribution in [0.5, 0.6) is 5.75 Å². The summed E-state index contributed by atoms with van der Waals surface area (Å²) < 4.78 is 6.48. The van der Waals surface area contributed by atoms with Gasteiger partial charge in [0, 0.05) is 0 Å². The van der Waals surface area contributed by atoms with Gasteiger partial charge in [0.1, 0.15) is 6.07 Å². The van der Waals surface area contributed by atoms with Gasteiger partial charge in [-0.25, -0.2) is 0 Å². The van der Waals surface area contributed by atoms with Crippen LogP contribution in [-0.4, -0.2) is 6.10 Å². The smallest absolute Gasteiger partial charge is 0.151 e. The molecule has 0 radical (unpaired) electrons. The van der Waals surface area contributed by atoms with Crippen LogP contribution < -0.4 is 4.74 Å². The van der Waals surface area contributed by atoms with E-state index in [1.165, 1.54) is 0 Å². The second-order valence-corrected chi connectivity index (χ2v) is 3.92. The van der Waals surface area contributed by atoms with Gasteiger partial charge in [0.05, 0.1) is 16.1 Å². The van der Waals surface area contributed by atoms with E-state index in [0.29, 0.717) is 11.3 Å². The quantitative estimate of drug-likeness (QED) is 0.827. The van der Waals surface area contributed by atoms with Crippen molar-refractivity contribution >= 4 is 15.9 Å². The van der Waals surface area contributed by atoms with Crippen molar-refractivity contribution < 1.29 is 4.74 Å². The van der Waals surface area contributed by atoms with Crippen LogP contribution in [0.3, 0.4) is 0 Å². The maximum atomic E-state index is 8.88. The van der Waals surface area contributed by atoms with E-state index in [4.69, 9.17) is 10.00 Å². The lowest BCUT2D eigenvalue weighted by molar-refractivity contribution is 0.215. The van der Waals surface area contributed by atoms with E-state index in [1.54, 1.807) is 6.07 Å². The number of nitrogens with zero attached hydrogens (tertiary/aromatic N) is 1. The second-order valence-electron chi connectivity index (χ2n) is 3.07. The Morgan fingerprint density at radius 1 is 1.57 bits per heavy atom. The first-order valence-corrected chi connectivity index (χ1v) is 5.33. The third-order valence-electron chi connectivity index (χ3n) is 1.98. The van der Waals surface area contributed by atoms with Crippen LogP contribution in [0, 0.1) is 11.3 Å². The Hall–Kier alpha value is -1.01. The Kier molecular flexibility index (Phi) is 3.97. The summed E-state index contributed by atoms with van der Waals surface area (Å²) in [7, 11) is 0. The number of hydrogen-bond donors (Lipinski definition) is 0. The molecule has 0 saturated heterocycles. The highest BCUT2D eigenvalue weighted by atomic mass is 79.9. The molecule has 0 aliphatic rings. The molecule has 1 aromatic carbocycles. The molecule has 0 bridgehead atoms. The first-order chi connectivity index (χ1) is 6.69. The van der Waals surface area contributed by atoms with Crippen molar-refractivity contribution in [2.75, 3.05) is 0 Å². The van der Waals surface area contributed by atoms with Gasteiger partial charge in [-0.05, 0) is 41.4 Å². The SMILES string of the molecule is CCC(C)Oc1c(Br)cccc1C#N. The van der Waals surface area contributed by atoms with Crippen LogP contribution in [0.25, 0.3) is 0 Å². The van der Waals surface area contributed by atoms with Crippen LogP contribution >= 0.6 is 15.9 Å². The lowest BCUT2D eigenvalue weighted by Crippen LogP contribution is -2.11. The molecule has 1 atom stereocenters. The van der Waals surface area contributed by atoms with Gasteiger partial charge in [0.25, 0.3) is 0 Å². The molecule has 1 unspecified atom stereocenters. The Morgan fingerprint density at radius 2 is 2.29 bits per heavy atom. The van der Waals surface area contributed by atoms with Crippen molar-refractivity contribution in [3.05, 3.63) is 28.2 Å². The number of halogens is 1. The van der Waals surface area contributed by atoms with Gasteiger partial charge in [-0.3, -0.25) is 0 Å². The number of ether oxygens (including phenoxy) is 1. The highest BCUT2D eigenvalue weighted by Crippen LogP contribution is 2.29. The fourth-order valence-electron chi connectivity index (χ4n) is 1.00. The molecule has 3 heteroatoms. The van der Waals surface area contributed by atoms with Gasteiger partial charge >= 0.3 is 0 Å². The highest BCUT2D eigenvalue weighted by molar-refractivity contribution is 9.10. The Bertz CT molecular complexity index is 357. The van der Waals surface area contributed by atoms with Crippen LogP contribution in [0.2, 0.25) is 0 Å². The van der Waals surface area contributed by atoms with E-state index < -0.39 is 0 Å². The predicted octanol–water partition coefficient (Wildman–Crippen LogP) is 3.50. The average molecular weight is 254 g/mol. The Morgan fingerprint density at radius 3 is 2.86 bits per heavy atom. The van der Waals surface area contributed by atoms with E-state index in [-0.39, 0.29) is 6.10 Å². The fraction of sp³-hybridized carbons (Fsp3) is 0.364. The molecule has 0 aliphatic heterocycles. The molecule has 74 valence electrons. The number of hydrogen-bond acceptors (Lipinski definition) is 2. The lowest BCUT2D eigenvalue weighted by Gasteiger charge is -2.14. The van der Waals surface area contributed by atoms with Gasteiger partial charge in [-0.1, -0.05) is 13.0 Å². The largest absolute Gasteiger partial charge is 0.488 e. The number of nitriles is 1. The van der Waals surface area contributed by atoms with E-state index in [9.17, 15) is 0 Å². The van der Waals surface area contributed by atoms with E-state index in [1.807, 2.05) is 26.0 Å². The zero-order valence-electron chi connectivity index (χ0n) is 8.25. The van der Waals surface area contributed by atoms with Crippen molar-refractivity contribution in [2.45, 2.75) is 26.4 Å². The van der Waals surface area contributed by atoms with Crippen molar-refractivity contribution in [3.63, 3.8) is 0 Å². The highest BCUT2D eigenvalue weighted by Gasteiger charge is 2.10. The van der Waals surface area contributed by atoms with Crippen molar-refractivity contribution in [1.82, 2.24) is 0 Å². The fourth-order valence-corrected chi connectivity index (χ4v) is 1.46. The topological polar surface area (TPSA) is 33.0 Å². The van der Waals surface area contributed by atoms with Gasteiger partial charge in [0.2, 0.25) is 0 Å². The van der Waals surface area contributed by atoms with Crippen molar-refractivity contribution in [1.29, 1.82) is 5.26 Å². The Balaban J connectivity index is 3.00. The van der Waals surface area contributed by atoms with Crippen LogP contribution in [0.1, 0.15) is 25.8 Å². The summed E-state index contributed by atoms with van der Waals surface area (Å²) in [4.78, 5) is 0. The molecule has 0 aliphatic carbocycles. The lowest BCUT2D eigenvalue weighted by atomic mass is 10.2. The van der Waals surface area contributed by atoms with Gasteiger partial charge in [0.15, 0.2) is 5.75 Å². The molecule has 0 amide bonds. The molecular formula is C11H12BrNO. The molecule has 14 heavy (non-hydrogen) atoms. The van der Waals surface area contributed by atoms with Crippen molar-refractivity contribution in [2.24, 2.45) is 0 Å². The maximum Gasteiger partial charge on any atom is 0.151 e. The Labute approximate surface area is 92.6 Å². The van der Waals surface area contributed by atoms with E-state index in [2.05, 4.69) is 22.0 Å². The molecule has 1 rings (SSSR count). The number of para-hydroxylation sites is 1. The molecule has 1 aromatic rings. The van der Waals surface area contributed by atoms with Crippen LogP contribution in [-0.2, 0) is 0 Å². The summed E-state index contributed by atoms with van der Waals surface area (Å²) in [6.45, 7) is 4.04. The minimum atomic E-state index is 0.126. The molecule has 0 spiro atoms. The molecule has 0 saturated carbocycles.